The molecule has 32 heavy (non-hydrogen) atoms. The number of benzene rings is 3. The van der Waals surface area contributed by atoms with Crippen molar-refractivity contribution >= 4 is 16.7 Å². The van der Waals surface area contributed by atoms with Gasteiger partial charge in [0.05, 0.1) is 0 Å². The molecular weight excluding hydrogens is 384 g/mol. The zero-order valence-electron chi connectivity index (χ0n) is 18.7. The second kappa shape index (κ2) is 12.3. The molecule has 0 nitrogen and oxygen atoms in total. The highest BCUT2D eigenvalue weighted by Crippen LogP contribution is 2.40. The molecule has 0 aliphatic carbocycles. The Morgan fingerprint density at radius 2 is 1.03 bits per heavy atom. The van der Waals surface area contributed by atoms with Crippen LogP contribution in [0.4, 0.5) is 0 Å². The summed E-state index contributed by atoms with van der Waals surface area (Å²) in [6.07, 6.45) is 7.96. The summed E-state index contributed by atoms with van der Waals surface area (Å²) >= 11 is 0. The Morgan fingerprint density at radius 3 is 1.50 bits per heavy atom. The fourth-order valence-electron chi connectivity index (χ4n) is 3.74. The summed E-state index contributed by atoms with van der Waals surface area (Å²) in [6, 6.07) is 32.0. The Labute approximate surface area is 194 Å². The molecule has 0 radical (unpaired) electrons. The predicted molar refractivity (Wildman–Crippen MR) is 144 cm³/mol. The third-order valence-electron chi connectivity index (χ3n) is 5.52. The fraction of sp³-hybridized carbons (Fsp3) is 0.125. The van der Waals surface area contributed by atoms with Gasteiger partial charge in [0, 0.05) is 0 Å². The van der Waals surface area contributed by atoms with Crippen LogP contribution in [-0.4, -0.2) is 0 Å². The molecule has 0 saturated heterocycles. The lowest BCUT2D eigenvalue weighted by Crippen LogP contribution is -1.99. The first kappa shape index (κ1) is 24.6. The van der Waals surface area contributed by atoms with E-state index in [1.165, 1.54) is 44.6 Å². The summed E-state index contributed by atoms with van der Waals surface area (Å²) in [5.41, 5.74) is 9.94. The number of hydrogen-bond acceptors (Lipinski definition) is 0. The van der Waals surface area contributed by atoms with Gasteiger partial charge < -0.3 is 0 Å². The topological polar surface area (TPSA) is 0 Å². The van der Waals surface area contributed by atoms with Gasteiger partial charge in [0.25, 0.3) is 0 Å². The van der Waals surface area contributed by atoms with Crippen LogP contribution in [0.3, 0.4) is 0 Å². The van der Waals surface area contributed by atoms with Crippen LogP contribution in [0.1, 0.15) is 44.9 Å². The third-order valence-corrected chi connectivity index (χ3v) is 5.52. The van der Waals surface area contributed by atoms with Crippen molar-refractivity contribution in [2.45, 2.75) is 28.2 Å². The Balaban J connectivity index is 0.00000363. The largest absolute Gasteiger partial charge is 0.0991 e. The summed E-state index contributed by atoms with van der Waals surface area (Å²) in [4.78, 5) is 0. The molecule has 0 heteroatoms. The lowest BCUT2D eigenvalue weighted by atomic mass is 9.83. The molecule has 0 saturated carbocycles. The van der Waals surface area contributed by atoms with Crippen LogP contribution in [0, 0.1) is 0 Å². The SMILES string of the molecule is C.C=C\C=C/C=C(C)/C(C)=C(/C(=C(\C)c1ccccc1)c1ccccc1)c1ccccc1. The minimum absolute atomic E-state index is 0. The molecule has 0 amide bonds. The molecule has 0 aromatic heterocycles. The molecule has 0 aliphatic rings. The number of rotatable bonds is 7. The van der Waals surface area contributed by atoms with E-state index in [1.54, 1.807) is 6.08 Å². The van der Waals surface area contributed by atoms with Crippen LogP contribution in [0.25, 0.3) is 16.7 Å². The summed E-state index contributed by atoms with van der Waals surface area (Å²) in [5.74, 6) is 0. The molecule has 0 N–H and O–H groups in total. The van der Waals surface area contributed by atoms with Crippen molar-refractivity contribution in [1.29, 1.82) is 0 Å². The van der Waals surface area contributed by atoms with E-state index >= 15 is 0 Å². The molecule has 0 aliphatic heterocycles. The van der Waals surface area contributed by atoms with E-state index in [0.29, 0.717) is 0 Å². The molecule has 0 bridgehead atoms. The van der Waals surface area contributed by atoms with Gasteiger partial charge in [0.2, 0.25) is 0 Å². The van der Waals surface area contributed by atoms with Crippen molar-refractivity contribution in [1.82, 2.24) is 0 Å². The molecule has 3 rings (SSSR count). The maximum atomic E-state index is 3.77. The maximum Gasteiger partial charge on any atom is -0.00674 e. The summed E-state index contributed by atoms with van der Waals surface area (Å²) in [7, 11) is 0. The smallest absolute Gasteiger partial charge is 0.00674 e. The van der Waals surface area contributed by atoms with E-state index in [0.717, 1.165) is 0 Å². The van der Waals surface area contributed by atoms with Gasteiger partial charge in [-0.1, -0.05) is 129 Å². The van der Waals surface area contributed by atoms with Gasteiger partial charge in [-0.2, -0.15) is 0 Å². The Hall–Kier alpha value is -3.64. The van der Waals surface area contributed by atoms with E-state index in [-0.39, 0.29) is 7.43 Å². The Kier molecular flexibility index (Phi) is 9.44. The zero-order chi connectivity index (χ0) is 22.1. The third kappa shape index (κ3) is 5.95. The molecular formula is C32H34. The minimum atomic E-state index is 0. The van der Waals surface area contributed by atoms with E-state index in [1.807, 2.05) is 12.2 Å². The van der Waals surface area contributed by atoms with Crippen molar-refractivity contribution in [3.63, 3.8) is 0 Å². The Bertz CT molecular complexity index is 1120. The molecule has 0 unspecified atom stereocenters. The van der Waals surface area contributed by atoms with Gasteiger partial charge in [-0.3, -0.25) is 0 Å². The summed E-state index contributed by atoms with van der Waals surface area (Å²) < 4.78 is 0. The molecule has 0 heterocycles. The normalized spacial score (nSPS) is 13.2. The van der Waals surface area contributed by atoms with Crippen LogP contribution in [-0.2, 0) is 0 Å². The van der Waals surface area contributed by atoms with Gasteiger partial charge in [-0.05, 0) is 65.3 Å². The molecule has 162 valence electrons. The molecule has 0 spiro atoms. The lowest BCUT2D eigenvalue weighted by molar-refractivity contribution is 1.34. The standard InChI is InChI=1S/C31H30.CH4/c1-5-6-10-17-24(2)25(3)30(28-20-13-8-14-21-28)31(29-22-15-9-16-23-29)26(4)27-18-11-7-12-19-27;/h5-23H,1H2,2-4H3;1H4/b10-6-,24-17+,30-25+,31-26+;. The van der Waals surface area contributed by atoms with Crippen LogP contribution < -0.4 is 0 Å². The van der Waals surface area contributed by atoms with Crippen LogP contribution in [0.15, 0.2) is 133 Å². The van der Waals surface area contributed by atoms with E-state index in [4.69, 9.17) is 0 Å². The van der Waals surface area contributed by atoms with Crippen molar-refractivity contribution in [2.24, 2.45) is 0 Å². The summed E-state index contributed by atoms with van der Waals surface area (Å²) in [6.45, 7) is 10.4. The molecule has 0 atom stereocenters. The second-order valence-corrected chi connectivity index (χ2v) is 7.57. The van der Waals surface area contributed by atoms with Gasteiger partial charge >= 0.3 is 0 Å². The first-order valence-corrected chi connectivity index (χ1v) is 10.7. The monoisotopic (exact) mass is 418 g/mol. The van der Waals surface area contributed by atoms with Crippen LogP contribution >= 0.6 is 0 Å². The second-order valence-electron chi connectivity index (χ2n) is 7.57. The number of allylic oxidation sites excluding steroid dienone is 9. The van der Waals surface area contributed by atoms with Crippen molar-refractivity contribution < 1.29 is 0 Å². The van der Waals surface area contributed by atoms with E-state index in [2.05, 4.69) is 124 Å². The predicted octanol–water partition coefficient (Wildman–Crippen LogP) is 9.42. The lowest BCUT2D eigenvalue weighted by Gasteiger charge is -2.21. The summed E-state index contributed by atoms with van der Waals surface area (Å²) in [5, 5.41) is 0. The first-order chi connectivity index (χ1) is 15.1. The quantitative estimate of drug-likeness (QED) is 0.265. The highest BCUT2D eigenvalue weighted by molar-refractivity contribution is 6.15. The van der Waals surface area contributed by atoms with E-state index < -0.39 is 0 Å². The maximum absolute atomic E-state index is 3.77. The van der Waals surface area contributed by atoms with Crippen LogP contribution in [0.2, 0.25) is 0 Å². The van der Waals surface area contributed by atoms with Crippen molar-refractivity contribution in [2.75, 3.05) is 0 Å². The van der Waals surface area contributed by atoms with Crippen molar-refractivity contribution in [3.8, 4) is 0 Å². The number of hydrogen-bond donors (Lipinski definition) is 0. The highest BCUT2D eigenvalue weighted by atomic mass is 14.2. The minimum Gasteiger partial charge on any atom is -0.0991 e. The Morgan fingerprint density at radius 1 is 0.594 bits per heavy atom. The molecule has 3 aromatic rings. The highest BCUT2D eigenvalue weighted by Gasteiger charge is 2.18. The van der Waals surface area contributed by atoms with Gasteiger partial charge in [0.1, 0.15) is 0 Å². The van der Waals surface area contributed by atoms with Crippen LogP contribution in [0.5, 0.6) is 0 Å². The first-order valence-electron chi connectivity index (χ1n) is 10.7. The average molecular weight is 419 g/mol. The fourth-order valence-corrected chi connectivity index (χ4v) is 3.74. The van der Waals surface area contributed by atoms with Gasteiger partial charge in [-0.25, -0.2) is 0 Å². The molecule has 3 aromatic carbocycles. The average Bonchev–Trinajstić information content (AvgIpc) is 2.83. The van der Waals surface area contributed by atoms with Crippen molar-refractivity contribution in [3.05, 3.63) is 150 Å². The molecule has 0 fully saturated rings. The van der Waals surface area contributed by atoms with Gasteiger partial charge in [0.15, 0.2) is 0 Å². The van der Waals surface area contributed by atoms with Gasteiger partial charge in [-0.15, -0.1) is 0 Å². The zero-order valence-corrected chi connectivity index (χ0v) is 18.7. The van der Waals surface area contributed by atoms with E-state index in [9.17, 15) is 0 Å².